The maximum Gasteiger partial charge on any atom is 0.260 e. The lowest BCUT2D eigenvalue weighted by Gasteiger charge is -2.18. The minimum absolute atomic E-state index is 0.0975. The second-order valence-corrected chi connectivity index (χ2v) is 5.59. The molecule has 20 heavy (non-hydrogen) atoms. The summed E-state index contributed by atoms with van der Waals surface area (Å²) in [5.41, 5.74) is 0. The second kappa shape index (κ2) is 5.40. The predicted molar refractivity (Wildman–Crippen MR) is 70.7 cm³/mol. The first-order valence-electron chi connectivity index (χ1n) is 6.98. The van der Waals surface area contributed by atoms with Gasteiger partial charge in [0.2, 0.25) is 0 Å². The fraction of sp³-hybridized carbons (Fsp3) is 0.533. The maximum absolute atomic E-state index is 13.4. The van der Waals surface area contributed by atoms with E-state index in [9.17, 15) is 14.3 Å². The summed E-state index contributed by atoms with van der Waals surface area (Å²) in [5.74, 6) is 0.0963. The molecule has 0 radical (unpaired) electrons. The van der Waals surface area contributed by atoms with Crippen molar-refractivity contribution in [2.45, 2.75) is 18.9 Å². The van der Waals surface area contributed by atoms with Crippen molar-refractivity contribution in [1.82, 2.24) is 4.90 Å². The normalized spacial score (nSPS) is 28.5. The summed E-state index contributed by atoms with van der Waals surface area (Å²) >= 11 is 0. The van der Waals surface area contributed by atoms with Crippen molar-refractivity contribution >= 4 is 5.91 Å². The van der Waals surface area contributed by atoms with Gasteiger partial charge in [0.25, 0.3) is 5.91 Å². The molecule has 1 N–H and O–H groups in total. The third-order valence-electron chi connectivity index (χ3n) is 4.36. The molecule has 3 unspecified atom stereocenters. The summed E-state index contributed by atoms with van der Waals surface area (Å²) in [7, 11) is 0. The number of fused-ring (bicyclic) bond motifs is 1. The number of halogens is 1. The number of aliphatic hydroxyl groups is 1. The zero-order chi connectivity index (χ0) is 14.1. The van der Waals surface area contributed by atoms with Crippen LogP contribution in [0.2, 0.25) is 0 Å². The number of ether oxygens (including phenoxy) is 1. The van der Waals surface area contributed by atoms with Crippen LogP contribution in [0, 0.1) is 17.7 Å². The number of carbonyl (C=O) groups is 1. The zero-order valence-corrected chi connectivity index (χ0v) is 11.2. The number of hydrogen-bond acceptors (Lipinski definition) is 3. The SMILES string of the molecule is O=C(COc1ccccc1F)N1CC2CCC(O)C2C1. The van der Waals surface area contributed by atoms with Gasteiger partial charge < -0.3 is 14.7 Å². The highest BCUT2D eigenvalue weighted by atomic mass is 19.1. The molecule has 108 valence electrons. The van der Waals surface area contributed by atoms with Crippen LogP contribution in [0.25, 0.3) is 0 Å². The number of rotatable bonds is 3. The van der Waals surface area contributed by atoms with E-state index in [4.69, 9.17) is 4.74 Å². The Morgan fingerprint density at radius 2 is 2.15 bits per heavy atom. The Morgan fingerprint density at radius 1 is 1.35 bits per heavy atom. The Bertz CT molecular complexity index is 508. The number of amides is 1. The largest absolute Gasteiger partial charge is 0.481 e. The van der Waals surface area contributed by atoms with Gasteiger partial charge in [0.15, 0.2) is 18.2 Å². The smallest absolute Gasteiger partial charge is 0.260 e. The molecule has 1 aromatic carbocycles. The second-order valence-electron chi connectivity index (χ2n) is 5.59. The number of para-hydroxylation sites is 1. The van der Waals surface area contributed by atoms with Gasteiger partial charge in [-0.15, -0.1) is 0 Å². The lowest BCUT2D eigenvalue weighted by molar-refractivity contribution is -0.132. The monoisotopic (exact) mass is 279 g/mol. The van der Waals surface area contributed by atoms with Gasteiger partial charge in [-0.3, -0.25) is 4.79 Å². The minimum atomic E-state index is -0.464. The highest BCUT2D eigenvalue weighted by Crippen LogP contribution is 2.38. The third kappa shape index (κ3) is 2.50. The van der Waals surface area contributed by atoms with E-state index >= 15 is 0 Å². The van der Waals surface area contributed by atoms with E-state index in [2.05, 4.69) is 0 Å². The molecule has 1 aliphatic heterocycles. The van der Waals surface area contributed by atoms with Crippen LogP contribution in [-0.2, 0) is 4.79 Å². The number of benzene rings is 1. The zero-order valence-electron chi connectivity index (χ0n) is 11.2. The van der Waals surface area contributed by atoms with Crippen molar-refractivity contribution in [2.75, 3.05) is 19.7 Å². The van der Waals surface area contributed by atoms with Gasteiger partial charge in [0.05, 0.1) is 6.10 Å². The quantitative estimate of drug-likeness (QED) is 0.910. The lowest BCUT2D eigenvalue weighted by Crippen LogP contribution is -2.34. The van der Waals surface area contributed by atoms with Gasteiger partial charge in [-0.2, -0.15) is 0 Å². The van der Waals surface area contributed by atoms with Gasteiger partial charge in [0, 0.05) is 19.0 Å². The molecule has 1 saturated heterocycles. The molecule has 0 aromatic heterocycles. The number of carbonyl (C=O) groups excluding carboxylic acids is 1. The first-order chi connectivity index (χ1) is 9.65. The highest BCUT2D eigenvalue weighted by Gasteiger charge is 2.43. The maximum atomic E-state index is 13.4. The van der Waals surface area contributed by atoms with Crippen molar-refractivity contribution < 1.29 is 19.0 Å². The molecule has 1 heterocycles. The fourth-order valence-corrected chi connectivity index (χ4v) is 3.23. The van der Waals surface area contributed by atoms with E-state index in [0.717, 1.165) is 12.8 Å². The third-order valence-corrected chi connectivity index (χ3v) is 4.36. The number of likely N-dealkylation sites (tertiary alicyclic amines) is 1. The molecule has 2 aliphatic rings. The molecule has 0 spiro atoms. The topological polar surface area (TPSA) is 49.8 Å². The Hall–Kier alpha value is -1.62. The highest BCUT2D eigenvalue weighted by molar-refractivity contribution is 5.78. The fourth-order valence-electron chi connectivity index (χ4n) is 3.23. The molecule has 1 aromatic rings. The van der Waals surface area contributed by atoms with Crippen molar-refractivity contribution in [2.24, 2.45) is 11.8 Å². The molecule has 1 aliphatic carbocycles. The van der Waals surface area contributed by atoms with E-state index in [1.54, 1.807) is 17.0 Å². The molecule has 3 atom stereocenters. The van der Waals surface area contributed by atoms with Crippen molar-refractivity contribution in [3.05, 3.63) is 30.1 Å². The average Bonchev–Trinajstić information content (AvgIpc) is 3.00. The molecule has 4 nitrogen and oxygen atoms in total. The number of hydrogen-bond donors (Lipinski definition) is 1. The Labute approximate surface area is 117 Å². The van der Waals surface area contributed by atoms with Crippen LogP contribution in [0.3, 0.4) is 0 Å². The van der Waals surface area contributed by atoms with Crippen molar-refractivity contribution in [3.8, 4) is 5.75 Å². The molecular formula is C15H18FNO3. The van der Waals surface area contributed by atoms with Crippen LogP contribution in [0.1, 0.15) is 12.8 Å². The molecular weight excluding hydrogens is 261 g/mol. The van der Waals surface area contributed by atoms with Gasteiger partial charge in [-0.05, 0) is 30.9 Å². The van der Waals surface area contributed by atoms with Gasteiger partial charge >= 0.3 is 0 Å². The van der Waals surface area contributed by atoms with E-state index in [1.165, 1.54) is 12.1 Å². The van der Waals surface area contributed by atoms with E-state index in [1.807, 2.05) is 0 Å². The Morgan fingerprint density at radius 3 is 2.90 bits per heavy atom. The van der Waals surface area contributed by atoms with Gasteiger partial charge in [0.1, 0.15) is 0 Å². The number of aliphatic hydroxyl groups excluding tert-OH is 1. The van der Waals surface area contributed by atoms with Crippen LogP contribution in [-0.4, -0.2) is 41.7 Å². The Balaban J connectivity index is 1.55. The molecule has 3 rings (SSSR count). The molecule has 1 saturated carbocycles. The molecule has 1 amide bonds. The standard InChI is InChI=1S/C15H18FNO3/c16-12-3-1-2-4-14(12)20-9-15(19)17-7-10-5-6-13(18)11(10)8-17/h1-4,10-11,13,18H,5-9H2. The van der Waals surface area contributed by atoms with E-state index in [-0.39, 0.29) is 30.3 Å². The van der Waals surface area contributed by atoms with Crippen LogP contribution >= 0.6 is 0 Å². The summed E-state index contributed by atoms with van der Waals surface area (Å²) < 4.78 is 18.6. The van der Waals surface area contributed by atoms with Crippen LogP contribution in [0.5, 0.6) is 5.75 Å². The van der Waals surface area contributed by atoms with Crippen molar-refractivity contribution in [3.63, 3.8) is 0 Å². The average molecular weight is 279 g/mol. The van der Waals surface area contributed by atoms with Crippen LogP contribution in [0.4, 0.5) is 4.39 Å². The first kappa shape index (κ1) is 13.4. The van der Waals surface area contributed by atoms with E-state index in [0.29, 0.717) is 19.0 Å². The van der Waals surface area contributed by atoms with Crippen LogP contribution in [0.15, 0.2) is 24.3 Å². The summed E-state index contributed by atoms with van der Waals surface area (Å²) in [6.45, 7) is 1.11. The van der Waals surface area contributed by atoms with Crippen LogP contribution < -0.4 is 4.74 Å². The lowest BCUT2D eigenvalue weighted by atomic mass is 10.00. The predicted octanol–water partition coefficient (Wildman–Crippen LogP) is 1.43. The van der Waals surface area contributed by atoms with Crippen molar-refractivity contribution in [1.29, 1.82) is 0 Å². The van der Waals surface area contributed by atoms with Gasteiger partial charge in [-0.1, -0.05) is 12.1 Å². The summed E-state index contributed by atoms with van der Waals surface area (Å²) in [6.07, 6.45) is 1.53. The summed E-state index contributed by atoms with van der Waals surface area (Å²) in [6, 6.07) is 6.05. The first-order valence-corrected chi connectivity index (χ1v) is 6.98. The Kier molecular flexibility index (Phi) is 3.61. The number of nitrogens with zero attached hydrogens (tertiary/aromatic N) is 1. The van der Waals surface area contributed by atoms with E-state index < -0.39 is 5.82 Å². The minimum Gasteiger partial charge on any atom is -0.481 e. The van der Waals surface area contributed by atoms with Gasteiger partial charge in [-0.25, -0.2) is 4.39 Å². The summed E-state index contributed by atoms with van der Waals surface area (Å²) in [4.78, 5) is 13.8. The molecule has 5 heteroatoms. The molecule has 0 bridgehead atoms. The summed E-state index contributed by atoms with van der Waals surface area (Å²) in [5, 5.41) is 9.82. The molecule has 2 fully saturated rings.